The lowest BCUT2D eigenvalue weighted by molar-refractivity contribution is 0.824. The molecule has 0 aromatic heterocycles. The fraction of sp³-hybridized carbons (Fsp3) is 0. The molecule has 0 fully saturated rings. The zero-order valence-corrected chi connectivity index (χ0v) is 10.7. The van der Waals surface area contributed by atoms with Crippen molar-refractivity contribution in [3.05, 3.63) is 97.1 Å². The van der Waals surface area contributed by atoms with Crippen molar-refractivity contribution in [2.24, 2.45) is 0 Å². The highest BCUT2D eigenvalue weighted by atomic mass is 16.0. The molecule has 0 amide bonds. The van der Waals surface area contributed by atoms with Crippen LogP contribution < -0.4 is 0 Å². The smallest absolute Gasteiger partial charge is 0.0184 e. The second kappa shape index (κ2) is 8.67. The van der Waals surface area contributed by atoms with Crippen LogP contribution in [0.25, 0.3) is 11.1 Å². The van der Waals surface area contributed by atoms with Crippen LogP contribution in [0, 0.1) is 6.07 Å². The van der Waals surface area contributed by atoms with Crippen molar-refractivity contribution in [3.8, 4) is 11.1 Å². The minimum atomic E-state index is 0. The Hall–Kier alpha value is -2.38. The van der Waals surface area contributed by atoms with Crippen molar-refractivity contribution >= 4 is 0 Å². The van der Waals surface area contributed by atoms with Crippen molar-refractivity contribution in [2.45, 2.75) is 0 Å². The van der Waals surface area contributed by atoms with Crippen LogP contribution in [0.2, 0.25) is 0 Å². The second-order valence-corrected chi connectivity index (χ2v) is 3.81. The molecule has 3 aromatic rings. The summed E-state index contributed by atoms with van der Waals surface area (Å²) in [6, 6.07) is 33.3. The Bertz CT molecular complexity index is 468. The zero-order valence-electron chi connectivity index (χ0n) is 10.7. The number of hydrogen-bond acceptors (Lipinski definition) is 0. The summed E-state index contributed by atoms with van der Waals surface area (Å²) in [5.74, 6) is 0. The van der Waals surface area contributed by atoms with Gasteiger partial charge in [-0.15, -0.1) is 0 Å². The monoisotopic (exact) mass is 249 g/mol. The predicted molar refractivity (Wildman–Crippen MR) is 80.8 cm³/mol. The highest BCUT2D eigenvalue weighted by Gasteiger charge is 1.91. The van der Waals surface area contributed by atoms with Crippen molar-refractivity contribution in [2.75, 3.05) is 0 Å². The molecule has 1 heteroatoms. The van der Waals surface area contributed by atoms with E-state index in [0.29, 0.717) is 0 Å². The summed E-state index contributed by atoms with van der Waals surface area (Å²) in [7, 11) is 0. The average molecular weight is 249 g/mol. The van der Waals surface area contributed by atoms with E-state index in [4.69, 9.17) is 0 Å². The molecular formula is C18H17O. The average Bonchev–Trinajstić information content (AvgIpc) is 2.51. The normalized spacial score (nSPS) is 8.63. The molecule has 0 spiro atoms. The first-order chi connectivity index (χ1) is 8.97. The van der Waals surface area contributed by atoms with E-state index in [9.17, 15) is 0 Å². The molecule has 3 aromatic carbocycles. The fourth-order valence-electron chi connectivity index (χ4n) is 1.60. The Morgan fingerprint density at radius 2 is 0.842 bits per heavy atom. The maximum atomic E-state index is 2.89. The highest BCUT2D eigenvalue weighted by molar-refractivity contribution is 5.62. The molecule has 0 heterocycles. The maximum Gasteiger partial charge on any atom is -0.0184 e. The van der Waals surface area contributed by atoms with Crippen molar-refractivity contribution in [1.29, 1.82) is 0 Å². The molecule has 19 heavy (non-hydrogen) atoms. The van der Waals surface area contributed by atoms with Crippen LogP contribution in [0.15, 0.2) is 91.0 Å². The summed E-state index contributed by atoms with van der Waals surface area (Å²) in [5, 5.41) is 0. The van der Waals surface area contributed by atoms with Gasteiger partial charge in [-0.05, 0) is 17.2 Å². The van der Waals surface area contributed by atoms with Gasteiger partial charge in [-0.3, -0.25) is 0 Å². The van der Waals surface area contributed by atoms with Crippen LogP contribution in [0.4, 0.5) is 0 Å². The lowest BCUT2D eigenvalue weighted by Gasteiger charge is -1.98. The van der Waals surface area contributed by atoms with Gasteiger partial charge < -0.3 is 5.48 Å². The third-order valence-corrected chi connectivity index (χ3v) is 2.49. The van der Waals surface area contributed by atoms with Crippen LogP contribution >= 0.6 is 0 Å². The van der Waals surface area contributed by atoms with Crippen molar-refractivity contribution in [3.63, 3.8) is 0 Å². The van der Waals surface area contributed by atoms with Gasteiger partial charge in [-0.2, -0.15) is 0 Å². The molecule has 1 radical (unpaired) electrons. The summed E-state index contributed by atoms with van der Waals surface area (Å²) in [5.41, 5.74) is 2.55. The summed E-state index contributed by atoms with van der Waals surface area (Å²) in [6.45, 7) is 0. The van der Waals surface area contributed by atoms with E-state index in [1.54, 1.807) is 0 Å². The Morgan fingerprint density at radius 1 is 0.474 bits per heavy atom. The van der Waals surface area contributed by atoms with E-state index in [2.05, 4.69) is 54.6 Å². The number of rotatable bonds is 1. The fourth-order valence-corrected chi connectivity index (χ4v) is 1.60. The molecule has 0 aliphatic rings. The molecule has 0 unspecified atom stereocenters. The van der Waals surface area contributed by atoms with Gasteiger partial charge in [0.15, 0.2) is 0 Å². The van der Waals surface area contributed by atoms with E-state index >= 15 is 0 Å². The molecule has 0 saturated heterocycles. The predicted octanol–water partition coefficient (Wildman–Crippen LogP) is 4.02. The highest BCUT2D eigenvalue weighted by Crippen LogP contribution is 2.17. The lowest BCUT2D eigenvalue weighted by atomic mass is 10.1. The maximum absolute atomic E-state index is 2.89. The summed E-state index contributed by atoms with van der Waals surface area (Å²) in [6.07, 6.45) is 0. The minimum Gasteiger partial charge on any atom is -0.412 e. The first kappa shape index (κ1) is 14.7. The number of hydrogen-bond donors (Lipinski definition) is 0. The summed E-state index contributed by atoms with van der Waals surface area (Å²) >= 11 is 0. The molecular weight excluding hydrogens is 232 g/mol. The Balaban J connectivity index is 0.000000220. The van der Waals surface area contributed by atoms with Gasteiger partial charge in [0, 0.05) is 0 Å². The van der Waals surface area contributed by atoms with Crippen LogP contribution in [0.1, 0.15) is 0 Å². The molecule has 0 bridgehead atoms. The minimum absolute atomic E-state index is 0. The zero-order chi connectivity index (χ0) is 12.5. The molecule has 0 saturated carbocycles. The van der Waals surface area contributed by atoms with Crippen LogP contribution in [-0.4, -0.2) is 5.48 Å². The van der Waals surface area contributed by atoms with Crippen LogP contribution in [0.5, 0.6) is 0 Å². The molecule has 0 aliphatic heterocycles. The molecule has 3 rings (SSSR count). The summed E-state index contributed by atoms with van der Waals surface area (Å²) < 4.78 is 0. The second-order valence-electron chi connectivity index (χ2n) is 3.81. The third kappa shape index (κ3) is 5.19. The van der Waals surface area contributed by atoms with E-state index in [-0.39, 0.29) is 5.48 Å². The van der Waals surface area contributed by atoms with E-state index in [0.717, 1.165) is 0 Å². The molecule has 95 valence electrons. The van der Waals surface area contributed by atoms with Gasteiger partial charge in [0.25, 0.3) is 0 Å². The van der Waals surface area contributed by atoms with Gasteiger partial charge in [-0.25, -0.2) is 0 Å². The van der Waals surface area contributed by atoms with Gasteiger partial charge >= 0.3 is 0 Å². The quantitative estimate of drug-likeness (QED) is 0.624. The van der Waals surface area contributed by atoms with Crippen LogP contribution in [-0.2, 0) is 0 Å². The van der Waals surface area contributed by atoms with E-state index < -0.39 is 0 Å². The third-order valence-electron chi connectivity index (χ3n) is 2.49. The van der Waals surface area contributed by atoms with Crippen molar-refractivity contribution < 1.29 is 5.48 Å². The van der Waals surface area contributed by atoms with E-state index in [1.165, 1.54) is 11.1 Å². The first-order valence-corrected chi connectivity index (χ1v) is 5.98. The SMILES string of the molecule is O.[c]1ccccc1.c1ccc(-c2ccccc2)cc1. The standard InChI is InChI=1S/C12H10.C6H5.H2O/c1-3-7-11(8-4-1)12-9-5-2-6-10-12;1-2-4-6-5-3-1;/h1-10H;1-5H;1H2. The molecule has 0 atom stereocenters. The van der Waals surface area contributed by atoms with Gasteiger partial charge in [-0.1, -0.05) is 91.0 Å². The van der Waals surface area contributed by atoms with Gasteiger partial charge in [0.05, 0.1) is 0 Å². The van der Waals surface area contributed by atoms with Crippen molar-refractivity contribution in [1.82, 2.24) is 0 Å². The Labute approximate surface area is 114 Å². The Morgan fingerprint density at radius 3 is 1.11 bits per heavy atom. The first-order valence-electron chi connectivity index (χ1n) is 5.98. The largest absolute Gasteiger partial charge is 0.412 e. The number of benzene rings is 3. The molecule has 2 N–H and O–H groups in total. The summed E-state index contributed by atoms with van der Waals surface area (Å²) in [4.78, 5) is 0. The molecule has 0 aliphatic carbocycles. The van der Waals surface area contributed by atoms with Crippen LogP contribution in [0.3, 0.4) is 0 Å². The molecule has 1 nitrogen and oxygen atoms in total. The Kier molecular flexibility index (Phi) is 6.70. The topological polar surface area (TPSA) is 31.5 Å². The van der Waals surface area contributed by atoms with Gasteiger partial charge in [0.2, 0.25) is 0 Å². The van der Waals surface area contributed by atoms with Gasteiger partial charge in [0.1, 0.15) is 0 Å². The lowest BCUT2D eigenvalue weighted by Crippen LogP contribution is -1.73. The van der Waals surface area contributed by atoms with E-state index in [1.807, 2.05) is 42.5 Å².